The van der Waals surface area contributed by atoms with Gasteiger partial charge in [-0.05, 0) is 42.3 Å². The van der Waals surface area contributed by atoms with Crippen LogP contribution < -0.4 is 0 Å². The Bertz CT molecular complexity index is 4790. The van der Waals surface area contributed by atoms with E-state index in [1.807, 2.05) is 0 Å². The van der Waals surface area contributed by atoms with E-state index in [9.17, 15) is 0 Å². The van der Waals surface area contributed by atoms with E-state index in [4.69, 9.17) is 120 Å². The van der Waals surface area contributed by atoms with Gasteiger partial charge < -0.3 is 118 Å². The summed E-state index contributed by atoms with van der Waals surface area (Å²) in [6.45, 7) is 35.7. The second kappa shape index (κ2) is 51.8. The van der Waals surface area contributed by atoms with Crippen molar-refractivity contribution in [2.24, 2.45) is 89.9 Å². The molecule has 6 aromatic heterocycles. The van der Waals surface area contributed by atoms with Gasteiger partial charge in [-0.1, -0.05) is 0 Å². The number of hydrogen-bond acceptors (Lipinski definition) is 54. The van der Waals surface area contributed by atoms with Gasteiger partial charge in [-0.25, -0.2) is 89.9 Å². The number of hydrogen-bond donors (Lipinski definition) is 0. The van der Waals surface area contributed by atoms with Crippen molar-refractivity contribution in [3.63, 3.8) is 0 Å². The summed E-state index contributed by atoms with van der Waals surface area (Å²) in [4.78, 5) is 222. The second-order valence-corrected chi connectivity index (χ2v) is 38.3. The number of piperazine rings is 12. The number of aromatic nitrogens is 18. The molecule has 0 amide bonds. The topological polar surface area (TPSA) is 532 Å². The molecule has 60 nitrogen and oxygen atoms in total. The normalized spacial score (nSPS) is 21.2. The third-order valence-electron chi connectivity index (χ3n) is 27.0. The second-order valence-electron chi connectivity index (χ2n) is 38.3. The van der Waals surface area contributed by atoms with Crippen LogP contribution in [0.1, 0.15) is 0 Å². The van der Waals surface area contributed by atoms with Gasteiger partial charge in [-0.2, -0.15) is 89.7 Å². The maximum atomic E-state index is 4.79. The fraction of sp³-hybridized carbons (Fsp3) is 0.600. The Morgan fingerprint density at radius 2 is 0.227 bits per heavy atom. The molecule has 0 atom stereocenters. The zero-order valence-electron chi connectivity index (χ0n) is 86.2. The Morgan fingerprint density at radius 3 is 0.320 bits per heavy atom. The fourth-order valence-electron chi connectivity index (χ4n) is 16.9. The van der Waals surface area contributed by atoms with Crippen molar-refractivity contribution >= 4 is 221 Å². The first kappa shape index (κ1) is 103. The molecule has 28 heterocycles. The summed E-state index contributed by atoms with van der Waals surface area (Å²) in [6.07, 6.45) is 31.9. The summed E-state index contributed by atoms with van der Waals surface area (Å²) in [7, 11) is 12.7. The van der Waals surface area contributed by atoms with Crippen LogP contribution in [0.4, 0.5) is 107 Å². The molecular formula is C90H132N60. The number of rotatable bonds is 12. The van der Waals surface area contributed by atoms with Crippen LogP contribution in [0.25, 0.3) is 0 Å². The molecule has 0 spiro atoms. The van der Waals surface area contributed by atoms with E-state index in [1.165, 1.54) is 0 Å². The maximum Gasteiger partial charge on any atom is 0.257 e. The third-order valence-corrected chi connectivity index (χ3v) is 27.0. The highest BCUT2D eigenvalue weighted by Crippen LogP contribution is 2.26. The molecule has 0 aromatic carbocycles. The molecule has 12 fully saturated rings. The summed E-state index contributed by atoms with van der Waals surface area (Å²) in [5.74, 6) is 3.32. The SMILES string of the molecule is CN1CCN(/C=N/c2nc3nc(n2)N=CN2CCN(C=Nc4nc(nc(/N=C/N5CCN(C)CC5)n4)N=CN4CCN(C=Nc5nc(nc(/N=C/N6CCN(C)CC6)n5)N=CN5CCN(C=Nc6nc(nc(/N=C/N7CCN(C)CC7)n6)N=CN6CCN(C=Nc7nc(nc(/N=C/N8CCN(C)CC8)n7)N=CN7CCN(C=Nc8nc(nc(/N=C/N9CCN(C)CC9)n8)N=CN8CCN(C=N3)CC8)CC7)CC6)CC5)CC4)CC2)CC1. The van der Waals surface area contributed by atoms with Gasteiger partial charge in [0.1, 0.15) is 0 Å². The highest BCUT2D eigenvalue weighted by atomic mass is 15.4. The van der Waals surface area contributed by atoms with Crippen molar-refractivity contribution in [3.05, 3.63) is 0 Å². The van der Waals surface area contributed by atoms with E-state index in [1.54, 1.807) is 114 Å². The fourth-order valence-corrected chi connectivity index (χ4v) is 16.9. The number of likely N-dealkylation sites (N-methyl/N-ethyl adjacent to an activating group) is 6. The number of aliphatic imine (C=N–C) groups is 18. The first-order chi connectivity index (χ1) is 73.5. The van der Waals surface area contributed by atoms with Crippen LogP contribution in [-0.2, 0) is 0 Å². The van der Waals surface area contributed by atoms with E-state index >= 15 is 0 Å². The Morgan fingerprint density at radius 1 is 0.133 bits per heavy atom. The minimum absolute atomic E-state index is 0.177. The highest BCUT2D eigenvalue weighted by molar-refractivity contribution is 5.72. The van der Waals surface area contributed by atoms with Crippen molar-refractivity contribution in [1.82, 2.24) is 207 Å². The standard InChI is InChI=1S/C90H132N60/c1-127-7-19-133(20-8-127)55-91-73-109-79-97-61-139-31-35-141(36-32-139)63-99-81-111-74(92-56-134-21-9-128(2)10-22-134)113-83(122-81)101-65-143-39-43-145(44-40-143)67-103-85-115-76(94-58-136-25-13-130(4)14-26-136)117-87(124-85)105-69-147-47-51-149(52-48-147)71-107-89-119-78(96-60-138-29-17-132(6)18-30-138)120-90(126-89)108-72-150-53-49-148(50-54-150)70-106-88-118-77(95-59-137-27-15-131(5)16-28-137)116-86(125-88)104-68-146-45-41-144(42-46-146)66-102-84-114-75(93-57-135-23-11-129(3)12-24-135)112-82(123-84)100-64-142-37-33-140(34-38-142)62-98-80(110-73)121-79/h55-72H,7-54H2,1-6H3/b91-55+,92-56+,93-57+,94-58+,95-59+,96-60+,97-61?,98-62?,99-63?,100-64?,101-65?,102-66?,103-67?,104-68?,105-69?,106-70?,107-71?,108-72?. The van der Waals surface area contributed by atoms with Gasteiger partial charge in [0.2, 0.25) is 0 Å². The average Bonchev–Trinajstić information content (AvgIpc) is 0.855. The lowest BCUT2D eigenvalue weighted by Crippen LogP contribution is -2.45. The predicted molar refractivity (Wildman–Crippen MR) is 579 cm³/mol. The molecule has 22 aliphatic rings. The zero-order valence-corrected chi connectivity index (χ0v) is 86.2. The van der Waals surface area contributed by atoms with Crippen molar-refractivity contribution in [1.29, 1.82) is 0 Å². The van der Waals surface area contributed by atoms with E-state index in [2.05, 4.69) is 220 Å². The Balaban J connectivity index is 0.560. The minimum atomic E-state index is 0.177. The highest BCUT2D eigenvalue weighted by Gasteiger charge is 2.26. The van der Waals surface area contributed by atoms with E-state index in [0.717, 1.165) is 157 Å². The molecule has 0 saturated carbocycles. The van der Waals surface area contributed by atoms with Crippen LogP contribution in [0.2, 0.25) is 0 Å². The smallest absolute Gasteiger partial charge is 0.257 e. The largest absolute Gasteiger partial charge is 0.360 e. The summed E-state index contributed by atoms with van der Waals surface area (Å²) < 4.78 is 0. The van der Waals surface area contributed by atoms with Crippen LogP contribution in [0.5, 0.6) is 0 Å². The van der Waals surface area contributed by atoms with Gasteiger partial charge in [-0.15, -0.1) is 0 Å². The molecule has 28 rings (SSSR count). The van der Waals surface area contributed by atoms with Crippen molar-refractivity contribution in [2.45, 2.75) is 0 Å². The van der Waals surface area contributed by atoms with Gasteiger partial charge in [0.15, 0.2) is 0 Å². The Hall–Kier alpha value is -15.7. The molecule has 0 N–H and O–H groups in total. The lowest BCUT2D eigenvalue weighted by molar-refractivity contribution is 0.219. The summed E-state index contributed by atoms with van der Waals surface area (Å²) in [5.41, 5.74) is 0. The summed E-state index contributed by atoms with van der Waals surface area (Å²) in [6, 6.07) is 0. The van der Waals surface area contributed by atoms with Crippen LogP contribution >= 0.6 is 0 Å². The van der Waals surface area contributed by atoms with Gasteiger partial charge in [0.05, 0.1) is 114 Å². The third kappa shape index (κ3) is 32.2. The zero-order chi connectivity index (χ0) is 102. The van der Waals surface area contributed by atoms with Gasteiger partial charge in [0.25, 0.3) is 107 Å². The molecule has 150 heavy (non-hydrogen) atoms. The Labute approximate surface area is 870 Å². The van der Waals surface area contributed by atoms with Crippen molar-refractivity contribution in [3.8, 4) is 0 Å². The number of nitrogens with zero attached hydrogens (tertiary/aromatic N) is 60. The maximum absolute atomic E-state index is 4.79. The molecule has 22 aliphatic heterocycles. The van der Waals surface area contributed by atoms with Gasteiger partial charge in [-0.3, -0.25) is 0 Å². The molecule has 0 unspecified atom stereocenters. The molecule has 12 saturated heterocycles. The van der Waals surface area contributed by atoms with E-state index in [0.29, 0.717) is 157 Å². The van der Waals surface area contributed by atoms with Crippen LogP contribution in [-0.4, -0.2) is 678 Å². The van der Waals surface area contributed by atoms with Gasteiger partial charge in [0, 0.05) is 314 Å². The molecule has 792 valence electrons. The monoisotopic (exact) mass is 2050 g/mol. The summed E-state index contributed by atoms with van der Waals surface area (Å²) in [5, 5.41) is 0. The van der Waals surface area contributed by atoms with Crippen LogP contribution in [0.15, 0.2) is 89.9 Å². The van der Waals surface area contributed by atoms with Crippen LogP contribution in [0.3, 0.4) is 0 Å². The first-order valence-corrected chi connectivity index (χ1v) is 51.2. The molecule has 0 radical (unpaired) electrons. The van der Waals surface area contributed by atoms with Crippen LogP contribution in [0, 0.1) is 0 Å². The lowest BCUT2D eigenvalue weighted by Gasteiger charge is -2.32. The Kier molecular flexibility index (Phi) is 35.5. The van der Waals surface area contributed by atoms with E-state index in [-0.39, 0.29) is 107 Å². The molecular weight excluding hydrogens is 1920 g/mol. The predicted octanol–water partition coefficient (Wildman–Crippen LogP) is -1.62. The molecule has 0 aliphatic carbocycles. The quantitative estimate of drug-likeness (QED) is 0.0981. The molecule has 6 aromatic rings. The minimum Gasteiger partial charge on any atom is -0.360 e. The average molecular weight is 2050 g/mol. The lowest BCUT2D eigenvalue weighted by atomic mass is 10.3. The van der Waals surface area contributed by atoms with E-state index < -0.39 is 0 Å². The first-order valence-electron chi connectivity index (χ1n) is 51.2. The van der Waals surface area contributed by atoms with Gasteiger partial charge >= 0.3 is 0 Å². The summed E-state index contributed by atoms with van der Waals surface area (Å²) >= 11 is 0. The molecule has 24 bridgehead atoms. The van der Waals surface area contributed by atoms with Crippen molar-refractivity contribution < 1.29 is 0 Å². The molecule has 60 heteroatoms. The van der Waals surface area contributed by atoms with Crippen molar-refractivity contribution in [2.75, 3.05) is 356 Å².